The molecule has 1 aromatic rings. The van der Waals surface area contributed by atoms with Gasteiger partial charge < -0.3 is 15.0 Å². The lowest BCUT2D eigenvalue weighted by molar-refractivity contribution is 0.161. The monoisotopic (exact) mass is 276 g/mol. The van der Waals surface area contributed by atoms with E-state index in [4.69, 9.17) is 4.74 Å². The number of para-hydroxylation sites is 1. The first-order valence-electron chi connectivity index (χ1n) is 7.80. The zero-order valence-electron chi connectivity index (χ0n) is 13.1. The van der Waals surface area contributed by atoms with Crippen LogP contribution in [0.25, 0.3) is 0 Å². The van der Waals surface area contributed by atoms with Crippen LogP contribution in [0.3, 0.4) is 0 Å². The third-order valence-corrected chi connectivity index (χ3v) is 4.28. The van der Waals surface area contributed by atoms with Crippen molar-refractivity contribution >= 4 is 0 Å². The summed E-state index contributed by atoms with van der Waals surface area (Å²) in [6.45, 7) is 8.06. The third-order valence-electron chi connectivity index (χ3n) is 4.28. The third kappa shape index (κ3) is 4.22. The molecule has 1 aromatic carbocycles. The van der Waals surface area contributed by atoms with Crippen LogP contribution in [-0.4, -0.2) is 43.7 Å². The van der Waals surface area contributed by atoms with E-state index in [1.165, 1.54) is 31.5 Å². The number of nitrogens with one attached hydrogen (secondary N) is 1. The number of hydrogen-bond acceptors (Lipinski definition) is 3. The predicted octanol–water partition coefficient (Wildman–Crippen LogP) is 2.70. The number of hydrogen-bond donors (Lipinski definition) is 1. The molecule has 0 atom stereocenters. The van der Waals surface area contributed by atoms with Crippen molar-refractivity contribution in [3.8, 4) is 5.75 Å². The number of methoxy groups -OCH3 is 1. The van der Waals surface area contributed by atoms with Crippen molar-refractivity contribution in [2.45, 2.75) is 45.2 Å². The minimum Gasteiger partial charge on any atom is -0.496 e. The summed E-state index contributed by atoms with van der Waals surface area (Å²) in [7, 11) is 1.74. The molecule has 1 aliphatic rings. The summed E-state index contributed by atoms with van der Waals surface area (Å²) in [6.07, 6.45) is 3.57. The maximum absolute atomic E-state index is 5.39. The molecule has 1 N–H and O–H groups in total. The molecule has 3 nitrogen and oxygen atoms in total. The molecule has 1 heterocycles. The van der Waals surface area contributed by atoms with Crippen molar-refractivity contribution < 1.29 is 4.74 Å². The van der Waals surface area contributed by atoms with Gasteiger partial charge in [-0.2, -0.15) is 0 Å². The van der Waals surface area contributed by atoms with E-state index in [0.717, 1.165) is 18.7 Å². The first-order chi connectivity index (χ1) is 9.70. The number of piperidine rings is 1. The molecule has 0 radical (unpaired) electrons. The fraction of sp³-hybridized carbons (Fsp3) is 0.647. The number of ether oxygens (including phenoxy) is 1. The molecule has 0 aromatic heterocycles. The molecule has 112 valence electrons. The lowest BCUT2D eigenvalue weighted by Crippen LogP contribution is -2.45. The van der Waals surface area contributed by atoms with E-state index in [0.29, 0.717) is 12.1 Å². The van der Waals surface area contributed by atoms with Crippen LogP contribution in [0.15, 0.2) is 24.3 Å². The Labute approximate surface area is 123 Å². The summed E-state index contributed by atoms with van der Waals surface area (Å²) in [4.78, 5) is 2.57. The number of benzene rings is 1. The topological polar surface area (TPSA) is 24.5 Å². The molecular formula is C17H28N2O. The van der Waals surface area contributed by atoms with Gasteiger partial charge >= 0.3 is 0 Å². The van der Waals surface area contributed by atoms with Crippen molar-refractivity contribution in [2.24, 2.45) is 0 Å². The van der Waals surface area contributed by atoms with Gasteiger partial charge in [-0.15, -0.1) is 0 Å². The van der Waals surface area contributed by atoms with Crippen molar-refractivity contribution in [3.05, 3.63) is 29.8 Å². The first kappa shape index (κ1) is 15.3. The normalized spacial score (nSPS) is 17.6. The molecule has 0 saturated carbocycles. The first-order valence-corrected chi connectivity index (χ1v) is 7.80. The van der Waals surface area contributed by atoms with E-state index in [1.54, 1.807) is 7.11 Å². The molecule has 20 heavy (non-hydrogen) atoms. The Morgan fingerprint density at radius 1 is 1.25 bits per heavy atom. The van der Waals surface area contributed by atoms with E-state index in [2.05, 4.69) is 36.2 Å². The van der Waals surface area contributed by atoms with Crippen LogP contribution in [0, 0.1) is 0 Å². The minimum atomic E-state index is 0.680. The SMILES string of the molecule is COc1ccccc1CCNC1CCN(C(C)C)CC1. The maximum Gasteiger partial charge on any atom is 0.122 e. The van der Waals surface area contributed by atoms with Crippen molar-refractivity contribution in [1.29, 1.82) is 0 Å². The Bertz CT molecular complexity index is 398. The Morgan fingerprint density at radius 3 is 2.60 bits per heavy atom. The van der Waals surface area contributed by atoms with Gasteiger partial charge in [0.05, 0.1) is 7.11 Å². The van der Waals surface area contributed by atoms with Crippen molar-refractivity contribution in [1.82, 2.24) is 10.2 Å². The highest BCUT2D eigenvalue weighted by molar-refractivity contribution is 5.33. The molecular weight excluding hydrogens is 248 g/mol. The molecule has 0 amide bonds. The summed E-state index contributed by atoms with van der Waals surface area (Å²) in [5.74, 6) is 1.00. The molecule has 0 spiro atoms. The average Bonchev–Trinajstić information content (AvgIpc) is 2.48. The molecule has 1 saturated heterocycles. The fourth-order valence-corrected chi connectivity index (χ4v) is 2.94. The zero-order valence-corrected chi connectivity index (χ0v) is 13.1. The van der Waals surface area contributed by atoms with Crippen LogP contribution in [-0.2, 0) is 6.42 Å². The Morgan fingerprint density at radius 2 is 1.95 bits per heavy atom. The van der Waals surface area contributed by atoms with Crippen molar-refractivity contribution in [2.75, 3.05) is 26.7 Å². The summed E-state index contributed by atoms with van der Waals surface area (Å²) in [5.41, 5.74) is 1.29. The molecule has 1 aliphatic heterocycles. The highest BCUT2D eigenvalue weighted by Gasteiger charge is 2.20. The highest BCUT2D eigenvalue weighted by atomic mass is 16.5. The molecule has 0 aliphatic carbocycles. The van der Waals surface area contributed by atoms with Gasteiger partial charge in [-0.05, 0) is 64.4 Å². The highest BCUT2D eigenvalue weighted by Crippen LogP contribution is 2.18. The zero-order chi connectivity index (χ0) is 14.4. The molecule has 3 heteroatoms. The molecule has 0 bridgehead atoms. The van der Waals surface area contributed by atoms with E-state index < -0.39 is 0 Å². The Kier molecular flexibility index (Phi) is 5.86. The Balaban J connectivity index is 1.72. The molecule has 2 rings (SSSR count). The van der Waals surface area contributed by atoms with Crippen LogP contribution in [0.4, 0.5) is 0 Å². The summed E-state index contributed by atoms with van der Waals surface area (Å²) in [5, 5.41) is 3.70. The van der Waals surface area contributed by atoms with Crippen LogP contribution >= 0.6 is 0 Å². The molecule has 0 unspecified atom stereocenters. The predicted molar refractivity (Wildman–Crippen MR) is 84.4 cm³/mol. The lowest BCUT2D eigenvalue weighted by Gasteiger charge is -2.35. The van der Waals surface area contributed by atoms with E-state index in [9.17, 15) is 0 Å². The second kappa shape index (κ2) is 7.65. The Hall–Kier alpha value is -1.06. The number of nitrogens with zero attached hydrogens (tertiary/aromatic N) is 1. The van der Waals surface area contributed by atoms with E-state index >= 15 is 0 Å². The summed E-state index contributed by atoms with van der Waals surface area (Å²) >= 11 is 0. The van der Waals surface area contributed by atoms with Crippen molar-refractivity contribution in [3.63, 3.8) is 0 Å². The fourth-order valence-electron chi connectivity index (χ4n) is 2.94. The number of likely N-dealkylation sites (tertiary alicyclic amines) is 1. The minimum absolute atomic E-state index is 0.680. The standard InChI is InChI=1S/C17H28N2O/c1-14(2)19-12-9-16(10-13-19)18-11-8-15-6-4-5-7-17(15)20-3/h4-7,14,16,18H,8-13H2,1-3H3. The van der Waals surface area contributed by atoms with Gasteiger partial charge in [0.2, 0.25) is 0 Å². The van der Waals surface area contributed by atoms with Gasteiger partial charge in [0.25, 0.3) is 0 Å². The second-order valence-electron chi connectivity index (χ2n) is 5.92. The van der Waals surface area contributed by atoms with Crippen LogP contribution in [0.5, 0.6) is 5.75 Å². The van der Waals surface area contributed by atoms with Gasteiger partial charge in [0.15, 0.2) is 0 Å². The van der Waals surface area contributed by atoms with E-state index in [-0.39, 0.29) is 0 Å². The number of rotatable bonds is 6. The van der Waals surface area contributed by atoms with E-state index in [1.807, 2.05) is 12.1 Å². The van der Waals surface area contributed by atoms with Gasteiger partial charge in [0.1, 0.15) is 5.75 Å². The molecule has 1 fully saturated rings. The summed E-state index contributed by atoms with van der Waals surface area (Å²) in [6, 6.07) is 9.67. The largest absolute Gasteiger partial charge is 0.496 e. The lowest BCUT2D eigenvalue weighted by atomic mass is 10.0. The van der Waals surface area contributed by atoms with Gasteiger partial charge in [-0.25, -0.2) is 0 Å². The average molecular weight is 276 g/mol. The van der Waals surface area contributed by atoms with Crippen LogP contribution in [0.1, 0.15) is 32.3 Å². The van der Waals surface area contributed by atoms with Gasteiger partial charge in [-0.1, -0.05) is 18.2 Å². The van der Waals surface area contributed by atoms with Crippen LogP contribution < -0.4 is 10.1 Å². The quantitative estimate of drug-likeness (QED) is 0.864. The maximum atomic E-state index is 5.39. The van der Waals surface area contributed by atoms with Gasteiger partial charge in [-0.3, -0.25) is 0 Å². The summed E-state index contributed by atoms with van der Waals surface area (Å²) < 4.78 is 5.39. The second-order valence-corrected chi connectivity index (χ2v) is 5.92. The van der Waals surface area contributed by atoms with Crippen LogP contribution in [0.2, 0.25) is 0 Å². The smallest absolute Gasteiger partial charge is 0.122 e. The van der Waals surface area contributed by atoms with Gasteiger partial charge in [0, 0.05) is 12.1 Å².